The van der Waals surface area contributed by atoms with Crippen molar-refractivity contribution >= 4 is 37.3 Å². The van der Waals surface area contributed by atoms with Crippen LogP contribution in [0.3, 0.4) is 0 Å². The molecule has 6 nitrogen and oxygen atoms in total. The SMILES string of the molecule is Cc1cc(S(=O)(=O)NCc2nnc(C3CC3)o2)sc1Br. The van der Waals surface area contributed by atoms with E-state index in [1.807, 2.05) is 6.92 Å². The van der Waals surface area contributed by atoms with Crippen LogP contribution in [0.2, 0.25) is 0 Å². The molecule has 9 heteroatoms. The largest absolute Gasteiger partial charge is 0.424 e. The lowest BCUT2D eigenvalue weighted by molar-refractivity contribution is 0.445. The third-order valence-electron chi connectivity index (χ3n) is 2.92. The molecule has 0 saturated heterocycles. The van der Waals surface area contributed by atoms with Crippen LogP contribution in [-0.2, 0) is 16.6 Å². The third kappa shape index (κ3) is 2.95. The highest BCUT2D eigenvalue weighted by Crippen LogP contribution is 2.39. The van der Waals surface area contributed by atoms with Gasteiger partial charge in [-0.1, -0.05) is 0 Å². The number of nitrogens with zero attached hydrogens (tertiary/aromatic N) is 2. The van der Waals surface area contributed by atoms with E-state index in [1.165, 1.54) is 11.3 Å². The lowest BCUT2D eigenvalue weighted by Crippen LogP contribution is -2.22. The van der Waals surface area contributed by atoms with Gasteiger partial charge in [0.15, 0.2) is 0 Å². The number of hydrogen-bond acceptors (Lipinski definition) is 6. The summed E-state index contributed by atoms with van der Waals surface area (Å²) in [6.07, 6.45) is 2.13. The van der Waals surface area contributed by atoms with E-state index in [-0.39, 0.29) is 10.8 Å². The Morgan fingerprint density at radius 2 is 2.25 bits per heavy atom. The Labute approximate surface area is 128 Å². The Balaban J connectivity index is 1.69. The smallest absolute Gasteiger partial charge is 0.250 e. The number of aromatic nitrogens is 2. The fourth-order valence-corrected chi connectivity index (χ4v) is 4.87. The van der Waals surface area contributed by atoms with Crippen molar-refractivity contribution in [1.29, 1.82) is 0 Å². The van der Waals surface area contributed by atoms with Gasteiger partial charge in [-0.25, -0.2) is 13.1 Å². The van der Waals surface area contributed by atoms with Crippen LogP contribution in [0.25, 0.3) is 0 Å². The molecule has 0 amide bonds. The molecule has 0 aromatic carbocycles. The average molecular weight is 378 g/mol. The first-order valence-electron chi connectivity index (χ1n) is 6.03. The number of hydrogen-bond donors (Lipinski definition) is 1. The van der Waals surface area contributed by atoms with Gasteiger partial charge in [-0.15, -0.1) is 21.5 Å². The quantitative estimate of drug-likeness (QED) is 0.864. The molecular formula is C11H12BrN3O3S2. The highest BCUT2D eigenvalue weighted by molar-refractivity contribution is 9.11. The van der Waals surface area contributed by atoms with E-state index in [0.717, 1.165) is 22.2 Å². The third-order valence-corrected chi connectivity index (χ3v) is 6.93. The van der Waals surface area contributed by atoms with Crippen molar-refractivity contribution in [2.24, 2.45) is 0 Å². The molecule has 1 N–H and O–H groups in total. The molecule has 2 heterocycles. The molecule has 1 aliphatic carbocycles. The summed E-state index contributed by atoms with van der Waals surface area (Å²) >= 11 is 4.49. The second kappa shape index (κ2) is 5.21. The van der Waals surface area contributed by atoms with Gasteiger partial charge >= 0.3 is 0 Å². The molecule has 1 saturated carbocycles. The fraction of sp³-hybridized carbons (Fsp3) is 0.455. The van der Waals surface area contributed by atoms with Crippen LogP contribution in [0, 0.1) is 6.92 Å². The average Bonchev–Trinajstić information content (AvgIpc) is 3.04. The van der Waals surface area contributed by atoms with Crippen LogP contribution in [0.5, 0.6) is 0 Å². The van der Waals surface area contributed by atoms with Gasteiger partial charge in [0.1, 0.15) is 4.21 Å². The number of aryl methyl sites for hydroxylation is 1. The van der Waals surface area contributed by atoms with Gasteiger partial charge < -0.3 is 4.42 Å². The maximum Gasteiger partial charge on any atom is 0.250 e. The van der Waals surface area contributed by atoms with Gasteiger partial charge in [-0.2, -0.15) is 0 Å². The van der Waals surface area contributed by atoms with E-state index in [1.54, 1.807) is 6.07 Å². The Morgan fingerprint density at radius 3 is 2.85 bits per heavy atom. The van der Waals surface area contributed by atoms with Crippen LogP contribution in [0.1, 0.15) is 36.1 Å². The normalized spacial score (nSPS) is 15.7. The lowest BCUT2D eigenvalue weighted by atomic mass is 10.4. The molecule has 0 radical (unpaired) electrons. The predicted octanol–water partition coefficient (Wildman–Crippen LogP) is 2.56. The summed E-state index contributed by atoms with van der Waals surface area (Å²) in [6, 6.07) is 1.63. The van der Waals surface area contributed by atoms with Crippen molar-refractivity contribution in [1.82, 2.24) is 14.9 Å². The summed E-state index contributed by atoms with van der Waals surface area (Å²) in [5.74, 6) is 1.26. The van der Waals surface area contributed by atoms with Crippen molar-refractivity contribution in [3.8, 4) is 0 Å². The number of nitrogens with one attached hydrogen (secondary N) is 1. The molecule has 2 aromatic heterocycles. The first-order chi connectivity index (χ1) is 9.45. The maximum absolute atomic E-state index is 12.1. The first-order valence-corrected chi connectivity index (χ1v) is 9.13. The van der Waals surface area contributed by atoms with Crippen molar-refractivity contribution in [3.63, 3.8) is 0 Å². The van der Waals surface area contributed by atoms with Crippen LogP contribution in [-0.4, -0.2) is 18.6 Å². The number of sulfonamides is 1. The predicted molar refractivity (Wildman–Crippen MR) is 77.1 cm³/mol. The molecule has 1 fully saturated rings. The van der Waals surface area contributed by atoms with E-state index >= 15 is 0 Å². The minimum Gasteiger partial charge on any atom is -0.424 e. The molecule has 108 valence electrons. The highest BCUT2D eigenvalue weighted by atomic mass is 79.9. The van der Waals surface area contributed by atoms with E-state index < -0.39 is 10.0 Å². The molecule has 0 aliphatic heterocycles. The second-order valence-corrected chi connectivity index (χ2v) is 9.02. The number of rotatable bonds is 5. The summed E-state index contributed by atoms with van der Waals surface area (Å²) in [4.78, 5) is 0. The van der Waals surface area contributed by atoms with Crippen LogP contribution >= 0.6 is 27.3 Å². The van der Waals surface area contributed by atoms with Gasteiger partial charge in [0.05, 0.1) is 10.3 Å². The zero-order valence-electron chi connectivity index (χ0n) is 10.6. The number of thiophene rings is 1. The second-order valence-electron chi connectivity index (χ2n) is 4.66. The Morgan fingerprint density at radius 1 is 1.50 bits per heavy atom. The summed E-state index contributed by atoms with van der Waals surface area (Å²) in [5, 5.41) is 7.76. The fourth-order valence-electron chi connectivity index (χ4n) is 1.63. The van der Waals surface area contributed by atoms with E-state index in [4.69, 9.17) is 4.42 Å². The monoisotopic (exact) mass is 377 g/mol. The van der Waals surface area contributed by atoms with Crippen LogP contribution in [0.4, 0.5) is 0 Å². The summed E-state index contributed by atoms with van der Waals surface area (Å²) in [5.41, 5.74) is 0.893. The molecule has 0 spiro atoms. The van der Waals surface area contributed by atoms with E-state index in [0.29, 0.717) is 17.7 Å². The summed E-state index contributed by atoms with van der Waals surface area (Å²) < 4.78 is 33.2. The lowest BCUT2D eigenvalue weighted by Gasteiger charge is -2.01. The van der Waals surface area contributed by atoms with Crippen molar-refractivity contribution in [2.75, 3.05) is 0 Å². The molecule has 1 aliphatic rings. The van der Waals surface area contributed by atoms with E-state index in [9.17, 15) is 8.42 Å². The summed E-state index contributed by atoms with van der Waals surface area (Å²) in [7, 11) is -3.54. The Bertz CT molecular complexity index is 714. The van der Waals surface area contributed by atoms with Crippen molar-refractivity contribution < 1.29 is 12.8 Å². The minimum absolute atomic E-state index is 0.0105. The van der Waals surface area contributed by atoms with Crippen molar-refractivity contribution in [2.45, 2.75) is 36.4 Å². The van der Waals surface area contributed by atoms with Gasteiger partial charge in [-0.3, -0.25) is 0 Å². The molecule has 20 heavy (non-hydrogen) atoms. The standard InChI is InChI=1S/C11H12BrN3O3S2/c1-6-4-9(19-10(6)12)20(16,17)13-5-8-14-15-11(18-8)7-2-3-7/h4,7,13H,2-3,5H2,1H3. The Hall–Kier alpha value is -0.770. The maximum atomic E-state index is 12.1. The van der Waals surface area contributed by atoms with Crippen LogP contribution in [0.15, 0.2) is 18.5 Å². The molecule has 2 aromatic rings. The minimum atomic E-state index is -3.54. The topological polar surface area (TPSA) is 85.1 Å². The Kier molecular flexibility index (Phi) is 3.69. The highest BCUT2D eigenvalue weighted by Gasteiger charge is 2.29. The number of halogens is 1. The van der Waals surface area contributed by atoms with Gasteiger partial charge in [0.25, 0.3) is 10.0 Å². The zero-order chi connectivity index (χ0) is 14.3. The molecule has 0 atom stereocenters. The molecular weight excluding hydrogens is 366 g/mol. The zero-order valence-corrected chi connectivity index (χ0v) is 13.8. The van der Waals surface area contributed by atoms with E-state index in [2.05, 4.69) is 30.8 Å². The van der Waals surface area contributed by atoms with Crippen molar-refractivity contribution in [3.05, 3.63) is 27.2 Å². The van der Waals surface area contributed by atoms with Gasteiger partial charge in [0.2, 0.25) is 11.8 Å². The molecule has 3 rings (SSSR count). The van der Waals surface area contributed by atoms with Gasteiger partial charge in [0, 0.05) is 5.92 Å². The van der Waals surface area contributed by atoms with Gasteiger partial charge in [-0.05, 0) is 47.3 Å². The van der Waals surface area contributed by atoms with Crippen LogP contribution < -0.4 is 4.72 Å². The summed E-state index contributed by atoms with van der Waals surface area (Å²) in [6.45, 7) is 1.86. The first kappa shape index (κ1) is 14.2. The molecule has 0 unspecified atom stereocenters. The molecule has 0 bridgehead atoms.